The van der Waals surface area contributed by atoms with Crippen molar-refractivity contribution in [3.05, 3.63) is 52.4 Å². The fourth-order valence-electron chi connectivity index (χ4n) is 3.97. The summed E-state index contributed by atoms with van der Waals surface area (Å²) in [4.78, 5) is 34.8. The second-order valence-electron chi connectivity index (χ2n) is 8.43. The Morgan fingerprint density at radius 3 is 2.51 bits per heavy atom. The van der Waals surface area contributed by atoms with Gasteiger partial charge in [0.1, 0.15) is 12.2 Å². The number of nitrogens with one attached hydrogen (secondary N) is 2. The Kier molecular flexibility index (Phi) is 9.65. The van der Waals surface area contributed by atoms with E-state index in [0.717, 1.165) is 5.56 Å². The third-order valence-corrected chi connectivity index (χ3v) is 7.63. The third-order valence-electron chi connectivity index (χ3n) is 5.86. The largest absolute Gasteiger partial charge is 0.351 e. The maximum atomic E-state index is 12.8. The summed E-state index contributed by atoms with van der Waals surface area (Å²) in [6.45, 7) is 6.39. The molecule has 3 heterocycles. The van der Waals surface area contributed by atoms with Gasteiger partial charge >= 0.3 is 0 Å². The molecule has 1 fully saturated rings. The summed E-state index contributed by atoms with van der Waals surface area (Å²) < 4.78 is 35.4. The Balaban J connectivity index is 0.00000186. The molecule has 0 radical (unpaired) electrons. The SMILES string of the molecule is CC.Cc1cc(SO)ccc1NC(=O)Cn1c(=O)ccc2cnc(NC3CCN(S(C)(=O)=O)CC3)nc21. The molecule has 1 aromatic carbocycles. The molecule has 0 bridgehead atoms. The van der Waals surface area contributed by atoms with E-state index in [1.807, 2.05) is 20.8 Å². The van der Waals surface area contributed by atoms with Gasteiger partial charge in [0.2, 0.25) is 21.9 Å². The Bertz CT molecular complexity index is 1420. The molecule has 4 rings (SSSR count). The van der Waals surface area contributed by atoms with Gasteiger partial charge in [0.05, 0.1) is 6.26 Å². The monoisotopic (exact) mass is 548 g/mol. The molecule has 0 atom stereocenters. The molecule has 2 aromatic heterocycles. The predicted molar refractivity (Wildman–Crippen MR) is 147 cm³/mol. The van der Waals surface area contributed by atoms with Crippen LogP contribution in [-0.4, -0.2) is 63.1 Å². The lowest BCUT2D eigenvalue weighted by molar-refractivity contribution is -0.116. The molecule has 200 valence electrons. The number of aryl methyl sites for hydroxylation is 1. The standard InChI is InChI=1S/C22H26N6O5S2.C2H6/c1-14-11-17(34-31)4-5-18(14)25-19(29)13-28-20(30)6-3-15-12-23-22(26-21(15)28)24-16-7-9-27(10-8-16)35(2,32)33;1-2/h3-6,11-12,16,31H,7-10,13H2,1-2H3,(H,25,29)(H,23,24,26);1-2H3. The van der Waals surface area contributed by atoms with Crippen molar-refractivity contribution in [3.8, 4) is 0 Å². The fourth-order valence-corrected chi connectivity index (χ4v) is 5.21. The number of hydrogen-bond donors (Lipinski definition) is 3. The number of anilines is 2. The number of hydrogen-bond acceptors (Lipinski definition) is 9. The van der Waals surface area contributed by atoms with Crippen LogP contribution in [0.4, 0.5) is 11.6 Å². The van der Waals surface area contributed by atoms with E-state index in [2.05, 4.69) is 20.6 Å². The summed E-state index contributed by atoms with van der Waals surface area (Å²) in [5, 5.41) is 6.62. The number of sulfonamides is 1. The summed E-state index contributed by atoms with van der Waals surface area (Å²) in [5.74, 6) is -0.0867. The van der Waals surface area contributed by atoms with Gasteiger partial charge in [-0.05, 0) is 49.6 Å². The molecule has 11 nitrogen and oxygen atoms in total. The molecule has 1 amide bonds. The average Bonchev–Trinajstić information content (AvgIpc) is 2.88. The van der Waals surface area contributed by atoms with Crippen LogP contribution in [0.25, 0.3) is 11.0 Å². The molecule has 13 heteroatoms. The van der Waals surface area contributed by atoms with Crippen molar-refractivity contribution in [1.82, 2.24) is 18.8 Å². The molecule has 1 aliphatic rings. The van der Waals surface area contributed by atoms with Gasteiger partial charge in [0.25, 0.3) is 5.56 Å². The second-order valence-corrected chi connectivity index (χ2v) is 11.1. The highest BCUT2D eigenvalue weighted by atomic mass is 32.2. The number of rotatable bonds is 7. The van der Waals surface area contributed by atoms with E-state index in [1.54, 1.807) is 30.5 Å². The third kappa shape index (κ3) is 7.28. The van der Waals surface area contributed by atoms with E-state index >= 15 is 0 Å². The number of carbonyl (C=O) groups is 1. The zero-order valence-corrected chi connectivity index (χ0v) is 22.9. The molecule has 1 saturated heterocycles. The van der Waals surface area contributed by atoms with Gasteiger partial charge in [-0.2, -0.15) is 4.98 Å². The molecular formula is C24H32N6O5S2. The summed E-state index contributed by atoms with van der Waals surface area (Å²) in [7, 11) is -3.22. The van der Waals surface area contributed by atoms with Gasteiger partial charge in [0, 0.05) is 59.4 Å². The van der Waals surface area contributed by atoms with Crippen LogP contribution in [0.2, 0.25) is 0 Å². The lowest BCUT2D eigenvalue weighted by atomic mass is 10.1. The number of fused-ring (bicyclic) bond motifs is 1. The quantitative estimate of drug-likeness (QED) is 0.379. The van der Waals surface area contributed by atoms with Crippen molar-refractivity contribution in [3.63, 3.8) is 0 Å². The maximum Gasteiger partial charge on any atom is 0.252 e. The summed E-state index contributed by atoms with van der Waals surface area (Å²) in [6.07, 6.45) is 3.99. The Morgan fingerprint density at radius 2 is 1.89 bits per heavy atom. The van der Waals surface area contributed by atoms with E-state index in [0.29, 0.717) is 65.5 Å². The smallest absolute Gasteiger partial charge is 0.252 e. The van der Waals surface area contributed by atoms with Gasteiger partial charge in [0.15, 0.2) is 0 Å². The van der Waals surface area contributed by atoms with E-state index in [4.69, 9.17) is 0 Å². The first kappa shape index (κ1) is 28.6. The van der Waals surface area contributed by atoms with E-state index in [-0.39, 0.29) is 18.1 Å². The van der Waals surface area contributed by atoms with Crippen LogP contribution in [0.5, 0.6) is 0 Å². The normalized spacial score (nSPS) is 14.6. The van der Waals surface area contributed by atoms with Crippen LogP contribution in [-0.2, 0) is 21.4 Å². The summed E-state index contributed by atoms with van der Waals surface area (Å²) in [6, 6.07) is 8.08. The van der Waals surface area contributed by atoms with Crippen molar-refractivity contribution in [2.75, 3.05) is 30.0 Å². The molecule has 3 N–H and O–H groups in total. The van der Waals surface area contributed by atoms with Gasteiger partial charge in [-0.15, -0.1) is 0 Å². The van der Waals surface area contributed by atoms with Crippen LogP contribution in [0, 0.1) is 6.92 Å². The zero-order valence-electron chi connectivity index (χ0n) is 21.3. The van der Waals surface area contributed by atoms with Crippen LogP contribution >= 0.6 is 12.0 Å². The number of carbonyl (C=O) groups excluding carboxylic acids is 1. The molecule has 0 aliphatic carbocycles. The highest BCUT2D eigenvalue weighted by Gasteiger charge is 2.25. The summed E-state index contributed by atoms with van der Waals surface area (Å²) in [5.41, 5.74) is 1.31. The fraction of sp³-hybridized carbons (Fsp3) is 0.417. The first-order chi connectivity index (χ1) is 17.6. The Morgan fingerprint density at radius 1 is 1.19 bits per heavy atom. The van der Waals surface area contributed by atoms with Gasteiger partial charge in [-0.1, -0.05) is 13.8 Å². The molecule has 37 heavy (non-hydrogen) atoms. The maximum absolute atomic E-state index is 12.8. The average molecular weight is 549 g/mol. The number of piperidine rings is 1. The highest BCUT2D eigenvalue weighted by molar-refractivity contribution is 7.93. The zero-order chi connectivity index (χ0) is 27.2. The summed E-state index contributed by atoms with van der Waals surface area (Å²) >= 11 is 0.624. The second kappa shape index (κ2) is 12.5. The number of nitrogens with zero attached hydrogens (tertiary/aromatic N) is 4. The molecule has 3 aromatic rings. The first-order valence-electron chi connectivity index (χ1n) is 11.9. The van der Waals surface area contributed by atoms with E-state index < -0.39 is 15.9 Å². The topological polar surface area (TPSA) is 147 Å². The molecule has 0 unspecified atom stereocenters. The minimum Gasteiger partial charge on any atom is -0.351 e. The molecule has 0 spiro atoms. The molecular weight excluding hydrogens is 516 g/mol. The lowest BCUT2D eigenvalue weighted by Gasteiger charge is -2.30. The molecule has 0 saturated carbocycles. The van der Waals surface area contributed by atoms with Crippen LogP contribution < -0.4 is 16.2 Å². The number of amides is 1. The minimum absolute atomic E-state index is 0.0133. The first-order valence-corrected chi connectivity index (χ1v) is 14.6. The number of benzene rings is 1. The van der Waals surface area contributed by atoms with Crippen molar-refractivity contribution in [1.29, 1.82) is 0 Å². The minimum atomic E-state index is -3.22. The highest BCUT2D eigenvalue weighted by Crippen LogP contribution is 2.22. The van der Waals surface area contributed by atoms with Crippen molar-refractivity contribution in [2.24, 2.45) is 0 Å². The van der Waals surface area contributed by atoms with Crippen molar-refractivity contribution >= 4 is 50.6 Å². The number of pyridine rings is 1. The van der Waals surface area contributed by atoms with Gasteiger partial charge in [-0.3, -0.25) is 14.2 Å². The number of aromatic nitrogens is 3. The van der Waals surface area contributed by atoms with Crippen LogP contribution in [0.3, 0.4) is 0 Å². The Labute approximate surface area is 220 Å². The van der Waals surface area contributed by atoms with E-state index in [1.165, 1.54) is 21.2 Å². The van der Waals surface area contributed by atoms with Crippen molar-refractivity contribution in [2.45, 2.75) is 51.1 Å². The van der Waals surface area contributed by atoms with E-state index in [9.17, 15) is 22.6 Å². The Hall–Kier alpha value is -3.00. The lowest BCUT2D eigenvalue weighted by Crippen LogP contribution is -2.42. The van der Waals surface area contributed by atoms with Gasteiger partial charge < -0.3 is 15.2 Å². The van der Waals surface area contributed by atoms with Crippen LogP contribution in [0.1, 0.15) is 32.3 Å². The predicted octanol–water partition coefficient (Wildman–Crippen LogP) is 3.17. The van der Waals surface area contributed by atoms with Crippen molar-refractivity contribution < 1.29 is 17.8 Å². The molecule has 1 aliphatic heterocycles. The van der Waals surface area contributed by atoms with Gasteiger partial charge in [-0.25, -0.2) is 17.7 Å². The van der Waals surface area contributed by atoms with Crippen LogP contribution in [0.15, 0.2) is 46.2 Å².